The summed E-state index contributed by atoms with van der Waals surface area (Å²) >= 11 is 0. The minimum atomic E-state index is -0.313. The van der Waals surface area contributed by atoms with Crippen LogP contribution in [0.5, 0.6) is 0 Å². The van der Waals surface area contributed by atoms with Crippen molar-refractivity contribution in [3.63, 3.8) is 0 Å². The fraction of sp³-hybridized carbons (Fsp3) is 0.524. The van der Waals surface area contributed by atoms with E-state index >= 15 is 0 Å². The molecule has 1 aromatic carbocycles. The van der Waals surface area contributed by atoms with Crippen LogP contribution in [0.15, 0.2) is 24.3 Å². The van der Waals surface area contributed by atoms with E-state index in [0.29, 0.717) is 5.92 Å². The Morgan fingerprint density at radius 2 is 1.77 bits per heavy atom. The average molecular weight is 357 g/mol. The number of hydrogen-bond donors (Lipinski definition) is 2. The van der Waals surface area contributed by atoms with Crippen molar-refractivity contribution < 1.29 is 4.79 Å². The predicted molar refractivity (Wildman–Crippen MR) is 107 cm³/mol. The second-order valence-electron chi connectivity index (χ2n) is 7.36. The summed E-state index contributed by atoms with van der Waals surface area (Å²) in [5, 5.41) is 10.9. The molecule has 0 radical (unpaired) electrons. The van der Waals surface area contributed by atoms with Crippen molar-refractivity contribution in [1.29, 1.82) is 0 Å². The number of nitrogens with one attached hydrogen (secondary N) is 2. The Labute approximate surface area is 157 Å². The number of aryl methyl sites for hydroxylation is 3. The molecule has 2 rings (SSSR count). The number of amides is 1. The lowest BCUT2D eigenvalue weighted by molar-refractivity contribution is -0.118. The molecule has 142 valence electrons. The van der Waals surface area contributed by atoms with Crippen LogP contribution in [0.1, 0.15) is 56.3 Å². The van der Waals surface area contributed by atoms with Gasteiger partial charge in [0, 0.05) is 13.1 Å². The fourth-order valence-electron chi connectivity index (χ4n) is 3.17. The zero-order valence-corrected chi connectivity index (χ0v) is 17.1. The molecule has 0 spiro atoms. The molecule has 0 fully saturated rings. The first-order valence-electron chi connectivity index (χ1n) is 9.40. The van der Waals surface area contributed by atoms with Crippen LogP contribution in [0.3, 0.4) is 0 Å². The van der Waals surface area contributed by atoms with E-state index in [0.717, 1.165) is 23.5 Å². The Hall–Kier alpha value is -2.14. The van der Waals surface area contributed by atoms with Gasteiger partial charge in [0.25, 0.3) is 0 Å². The van der Waals surface area contributed by atoms with Gasteiger partial charge in [-0.05, 0) is 44.2 Å². The van der Waals surface area contributed by atoms with Gasteiger partial charge in [-0.25, -0.2) is 0 Å². The van der Waals surface area contributed by atoms with Crippen LogP contribution in [0.25, 0.3) is 0 Å². The minimum Gasteiger partial charge on any atom is -0.322 e. The molecule has 1 heterocycles. The molecule has 0 aliphatic carbocycles. The summed E-state index contributed by atoms with van der Waals surface area (Å²) in [6, 6.07) is 8.47. The van der Waals surface area contributed by atoms with Crippen LogP contribution < -0.4 is 10.6 Å². The van der Waals surface area contributed by atoms with E-state index in [1.807, 2.05) is 27.8 Å². The Morgan fingerprint density at radius 1 is 1.15 bits per heavy atom. The molecule has 2 N–H and O–H groups in total. The van der Waals surface area contributed by atoms with E-state index in [1.54, 1.807) is 4.68 Å². The molecular formula is C21H32N4O. The topological polar surface area (TPSA) is 59.0 Å². The van der Waals surface area contributed by atoms with Crippen LogP contribution in [0.2, 0.25) is 0 Å². The summed E-state index contributed by atoms with van der Waals surface area (Å²) in [5.74, 6) is 0.333. The van der Waals surface area contributed by atoms with Crippen LogP contribution in [0, 0.1) is 19.8 Å². The normalized spacial score (nSPS) is 13.7. The zero-order valence-electron chi connectivity index (χ0n) is 17.1. The number of carbonyl (C=O) groups is 1. The maximum atomic E-state index is 12.7. The third-order valence-corrected chi connectivity index (χ3v) is 4.99. The lowest BCUT2D eigenvalue weighted by Gasteiger charge is -2.26. The molecule has 2 atom stereocenters. The number of aromatic nitrogens is 2. The van der Waals surface area contributed by atoms with Crippen LogP contribution >= 0.6 is 0 Å². The number of anilines is 1. The lowest BCUT2D eigenvalue weighted by atomic mass is 9.94. The first-order chi connectivity index (χ1) is 12.2. The molecule has 5 heteroatoms. The van der Waals surface area contributed by atoms with Crippen LogP contribution in [-0.4, -0.2) is 21.7 Å². The maximum Gasteiger partial charge on any atom is 0.241 e. The van der Waals surface area contributed by atoms with Crippen molar-refractivity contribution in [3.05, 3.63) is 46.8 Å². The summed E-state index contributed by atoms with van der Waals surface area (Å²) in [4.78, 5) is 12.7. The molecule has 5 nitrogen and oxygen atoms in total. The third-order valence-electron chi connectivity index (χ3n) is 4.99. The second-order valence-corrected chi connectivity index (χ2v) is 7.36. The van der Waals surface area contributed by atoms with Crippen molar-refractivity contribution in [1.82, 2.24) is 15.1 Å². The summed E-state index contributed by atoms with van der Waals surface area (Å²) in [6.45, 7) is 12.3. The number of hydrogen-bond acceptors (Lipinski definition) is 3. The van der Waals surface area contributed by atoms with Crippen molar-refractivity contribution >= 4 is 11.6 Å². The molecule has 2 aromatic rings. The van der Waals surface area contributed by atoms with Gasteiger partial charge < -0.3 is 5.32 Å². The second kappa shape index (κ2) is 8.49. The van der Waals surface area contributed by atoms with Crippen LogP contribution in [0.4, 0.5) is 5.69 Å². The summed E-state index contributed by atoms with van der Waals surface area (Å²) in [5.41, 5.74) is 5.13. The molecule has 0 unspecified atom stereocenters. The largest absolute Gasteiger partial charge is 0.322 e. The highest BCUT2D eigenvalue weighted by Gasteiger charge is 2.23. The van der Waals surface area contributed by atoms with Gasteiger partial charge in [-0.2, -0.15) is 5.10 Å². The van der Waals surface area contributed by atoms with Crippen molar-refractivity contribution in [3.8, 4) is 0 Å². The van der Waals surface area contributed by atoms with Crippen molar-refractivity contribution in [2.45, 2.75) is 60.0 Å². The summed E-state index contributed by atoms with van der Waals surface area (Å²) < 4.78 is 1.79. The van der Waals surface area contributed by atoms with E-state index in [1.165, 1.54) is 11.1 Å². The average Bonchev–Trinajstić information content (AvgIpc) is 2.85. The molecule has 0 saturated carbocycles. The van der Waals surface area contributed by atoms with Gasteiger partial charge in [0.1, 0.15) is 0 Å². The Kier molecular flexibility index (Phi) is 6.59. The predicted octanol–water partition coefficient (Wildman–Crippen LogP) is 3.91. The Bertz CT molecular complexity index is 746. The van der Waals surface area contributed by atoms with Crippen LogP contribution in [-0.2, 0) is 18.3 Å². The van der Waals surface area contributed by atoms with Gasteiger partial charge in [-0.15, -0.1) is 0 Å². The van der Waals surface area contributed by atoms with Gasteiger partial charge in [-0.1, -0.05) is 45.0 Å². The van der Waals surface area contributed by atoms with Gasteiger partial charge in [-0.3, -0.25) is 14.8 Å². The molecule has 0 aliphatic rings. The van der Waals surface area contributed by atoms with E-state index in [2.05, 4.69) is 60.8 Å². The summed E-state index contributed by atoms with van der Waals surface area (Å²) in [7, 11) is 1.88. The first-order valence-corrected chi connectivity index (χ1v) is 9.40. The van der Waals surface area contributed by atoms with E-state index in [-0.39, 0.29) is 18.0 Å². The molecular weight excluding hydrogens is 324 g/mol. The highest BCUT2D eigenvalue weighted by atomic mass is 16.2. The van der Waals surface area contributed by atoms with Gasteiger partial charge in [0.05, 0.1) is 23.1 Å². The highest BCUT2D eigenvalue weighted by Crippen LogP contribution is 2.24. The Balaban J connectivity index is 2.11. The molecule has 0 aliphatic heterocycles. The number of rotatable bonds is 7. The zero-order chi connectivity index (χ0) is 19.4. The number of benzene rings is 1. The molecule has 26 heavy (non-hydrogen) atoms. The first kappa shape index (κ1) is 20.2. The molecule has 0 bridgehead atoms. The number of carbonyl (C=O) groups excluding carboxylic acids is 1. The molecule has 1 aromatic heterocycles. The maximum absolute atomic E-state index is 12.7. The monoisotopic (exact) mass is 356 g/mol. The lowest BCUT2D eigenvalue weighted by Crippen LogP contribution is -2.41. The SMILES string of the molecule is CCc1ccc([C@@H](N[C@H](C)C(=O)Nc2c(C)nn(C)c2C)C(C)C)cc1. The standard InChI is InChI=1S/C21H32N4O/c1-8-17-9-11-18(12-10-17)19(13(2)3)22-15(5)21(26)23-20-14(4)24-25(7)16(20)6/h9-13,15,19,22H,8H2,1-7H3,(H,23,26)/t15-,19+/m1/s1. The number of nitrogens with zero attached hydrogens (tertiary/aromatic N) is 2. The van der Waals surface area contributed by atoms with Crippen molar-refractivity contribution in [2.24, 2.45) is 13.0 Å². The summed E-state index contributed by atoms with van der Waals surface area (Å²) in [6.07, 6.45) is 1.03. The smallest absolute Gasteiger partial charge is 0.241 e. The van der Waals surface area contributed by atoms with Gasteiger partial charge in [0.2, 0.25) is 5.91 Å². The van der Waals surface area contributed by atoms with Crippen molar-refractivity contribution in [2.75, 3.05) is 5.32 Å². The quantitative estimate of drug-likeness (QED) is 0.791. The van der Waals surface area contributed by atoms with E-state index < -0.39 is 0 Å². The fourth-order valence-corrected chi connectivity index (χ4v) is 3.17. The third kappa shape index (κ3) is 4.52. The molecule has 0 saturated heterocycles. The van der Waals surface area contributed by atoms with Gasteiger partial charge >= 0.3 is 0 Å². The Morgan fingerprint density at radius 3 is 2.23 bits per heavy atom. The highest BCUT2D eigenvalue weighted by molar-refractivity contribution is 5.95. The van der Waals surface area contributed by atoms with E-state index in [9.17, 15) is 4.79 Å². The van der Waals surface area contributed by atoms with E-state index in [4.69, 9.17) is 0 Å². The minimum absolute atomic E-state index is 0.0416. The van der Waals surface area contributed by atoms with Gasteiger partial charge in [0.15, 0.2) is 0 Å². The molecule has 1 amide bonds.